The minimum Gasteiger partial charge on any atom is -0.506 e. The molecule has 0 aliphatic heterocycles. The van der Waals surface area contributed by atoms with Gasteiger partial charge in [-0.2, -0.15) is 5.10 Å². The molecular formula is C17H16Br2N2O3. The first-order valence-corrected chi connectivity index (χ1v) is 8.65. The zero-order valence-corrected chi connectivity index (χ0v) is 16.3. The lowest BCUT2D eigenvalue weighted by molar-refractivity contribution is -0.123. The largest absolute Gasteiger partial charge is 0.506 e. The first kappa shape index (κ1) is 18.5. The van der Waals surface area contributed by atoms with E-state index in [-0.39, 0.29) is 18.3 Å². The molecule has 0 saturated heterocycles. The van der Waals surface area contributed by atoms with E-state index in [1.807, 2.05) is 32.0 Å². The van der Waals surface area contributed by atoms with Crippen LogP contribution in [0, 0.1) is 13.8 Å². The molecule has 126 valence electrons. The normalized spacial score (nSPS) is 10.8. The van der Waals surface area contributed by atoms with Gasteiger partial charge in [-0.1, -0.05) is 33.6 Å². The summed E-state index contributed by atoms with van der Waals surface area (Å²) in [6, 6.07) is 9.13. The quantitative estimate of drug-likeness (QED) is 0.527. The Labute approximate surface area is 157 Å². The lowest BCUT2D eigenvalue weighted by Gasteiger charge is -2.08. The van der Waals surface area contributed by atoms with Crippen molar-refractivity contribution in [2.45, 2.75) is 13.8 Å². The van der Waals surface area contributed by atoms with E-state index in [2.05, 4.69) is 42.4 Å². The molecule has 2 aromatic carbocycles. The number of hydrazone groups is 1. The predicted octanol–water partition coefficient (Wildman–Crippen LogP) is 4.06. The Kier molecular flexibility index (Phi) is 6.39. The van der Waals surface area contributed by atoms with E-state index < -0.39 is 0 Å². The Balaban J connectivity index is 1.91. The van der Waals surface area contributed by atoms with Crippen LogP contribution >= 0.6 is 31.9 Å². The summed E-state index contributed by atoms with van der Waals surface area (Å²) in [4.78, 5) is 11.8. The van der Waals surface area contributed by atoms with Gasteiger partial charge in [0.25, 0.3) is 5.91 Å². The number of amides is 1. The second-order valence-corrected chi connectivity index (χ2v) is 6.95. The highest BCUT2D eigenvalue weighted by Crippen LogP contribution is 2.30. The van der Waals surface area contributed by atoms with Crippen molar-refractivity contribution in [3.63, 3.8) is 0 Å². The van der Waals surface area contributed by atoms with Crippen LogP contribution in [-0.2, 0) is 4.79 Å². The number of halogens is 2. The maximum Gasteiger partial charge on any atom is 0.277 e. The summed E-state index contributed by atoms with van der Waals surface area (Å²) in [5, 5.41) is 13.7. The van der Waals surface area contributed by atoms with Crippen molar-refractivity contribution in [1.29, 1.82) is 0 Å². The number of phenols is 1. The lowest BCUT2D eigenvalue weighted by atomic mass is 10.1. The zero-order valence-electron chi connectivity index (χ0n) is 13.1. The molecule has 0 bridgehead atoms. The fourth-order valence-electron chi connectivity index (χ4n) is 1.99. The monoisotopic (exact) mass is 454 g/mol. The first-order chi connectivity index (χ1) is 11.4. The summed E-state index contributed by atoms with van der Waals surface area (Å²) in [6.45, 7) is 3.77. The third kappa shape index (κ3) is 5.07. The summed E-state index contributed by atoms with van der Waals surface area (Å²) in [7, 11) is 0. The second-order valence-electron chi connectivity index (χ2n) is 5.18. The summed E-state index contributed by atoms with van der Waals surface area (Å²) in [6.07, 6.45) is 1.36. The van der Waals surface area contributed by atoms with Gasteiger partial charge in [0, 0.05) is 10.0 Å². The maximum atomic E-state index is 11.8. The fourth-order valence-corrected chi connectivity index (χ4v) is 3.25. The van der Waals surface area contributed by atoms with Crippen LogP contribution in [0.25, 0.3) is 0 Å². The number of nitrogens with one attached hydrogen (secondary N) is 1. The molecule has 0 aliphatic carbocycles. The second kappa shape index (κ2) is 8.30. The van der Waals surface area contributed by atoms with E-state index in [0.29, 0.717) is 15.8 Å². The lowest BCUT2D eigenvalue weighted by Crippen LogP contribution is -2.24. The van der Waals surface area contributed by atoms with Crippen LogP contribution in [0.2, 0.25) is 0 Å². The van der Waals surface area contributed by atoms with E-state index >= 15 is 0 Å². The van der Waals surface area contributed by atoms with Crippen molar-refractivity contribution in [3.05, 3.63) is 56.0 Å². The number of aromatic hydroxyl groups is 1. The van der Waals surface area contributed by atoms with Gasteiger partial charge in [0.1, 0.15) is 11.5 Å². The van der Waals surface area contributed by atoms with Gasteiger partial charge in [-0.05, 0) is 53.5 Å². The predicted molar refractivity (Wildman–Crippen MR) is 101 cm³/mol. The number of carbonyl (C=O) groups excluding carboxylic acids is 1. The third-order valence-electron chi connectivity index (χ3n) is 3.14. The molecule has 0 atom stereocenters. The molecule has 2 rings (SSSR count). The average molecular weight is 456 g/mol. The highest BCUT2D eigenvalue weighted by atomic mass is 79.9. The maximum absolute atomic E-state index is 11.8. The molecule has 0 saturated carbocycles. The molecule has 0 spiro atoms. The molecule has 0 radical (unpaired) electrons. The molecular weight excluding hydrogens is 440 g/mol. The number of aryl methyl sites for hydroxylation is 2. The van der Waals surface area contributed by atoms with Crippen LogP contribution in [0.15, 0.2) is 44.4 Å². The van der Waals surface area contributed by atoms with Crippen LogP contribution in [-0.4, -0.2) is 23.8 Å². The number of phenolic OH excluding ortho intramolecular Hbond substituents is 1. The Morgan fingerprint density at radius 2 is 2.04 bits per heavy atom. The first-order valence-electron chi connectivity index (χ1n) is 7.07. The van der Waals surface area contributed by atoms with Gasteiger partial charge in [0.15, 0.2) is 6.61 Å². The number of hydrogen-bond donors (Lipinski definition) is 2. The zero-order chi connectivity index (χ0) is 17.7. The van der Waals surface area contributed by atoms with E-state index in [4.69, 9.17) is 4.74 Å². The molecule has 5 nitrogen and oxygen atoms in total. The van der Waals surface area contributed by atoms with Gasteiger partial charge in [-0.25, -0.2) is 5.43 Å². The fraction of sp³-hybridized carbons (Fsp3) is 0.176. The van der Waals surface area contributed by atoms with Crippen molar-refractivity contribution in [2.24, 2.45) is 5.10 Å². The smallest absolute Gasteiger partial charge is 0.277 e. The Bertz CT molecular complexity index is 792. The van der Waals surface area contributed by atoms with Crippen LogP contribution in [0.1, 0.15) is 16.7 Å². The molecule has 0 fully saturated rings. The molecule has 7 heteroatoms. The van der Waals surface area contributed by atoms with Crippen LogP contribution < -0.4 is 10.2 Å². The number of hydrogen-bond acceptors (Lipinski definition) is 4. The van der Waals surface area contributed by atoms with Gasteiger partial charge >= 0.3 is 0 Å². The van der Waals surface area contributed by atoms with E-state index in [1.54, 1.807) is 12.1 Å². The average Bonchev–Trinajstić information content (AvgIpc) is 2.51. The highest BCUT2D eigenvalue weighted by molar-refractivity contribution is 9.11. The summed E-state index contributed by atoms with van der Waals surface area (Å²) >= 11 is 6.55. The highest BCUT2D eigenvalue weighted by Gasteiger charge is 2.06. The van der Waals surface area contributed by atoms with Crippen molar-refractivity contribution in [3.8, 4) is 11.5 Å². The number of ether oxygens (including phenoxy) is 1. The van der Waals surface area contributed by atoms with Crippen molar-refractivity contribution in [2.75, 3.05) is 6.61 Å². The van der Waals surface area contributed by atoms with Gasteiger partial charge in [0.2, 0.25) is 0 Å². The molecule has 24 heavy (non-hydrogen) atoms. The number of benzene rings is 2. The molecule has 2 N–H and O–H groups in total. The minimum atomic E-state index is -0.389. The standard InChI is InChI=1S/C17H16Br2N2O3/c1-10-3-4-15(11(2)5-10)24-9-16(22)21-20-8-12-6-13(18)7-14(19)17(12)23/h3-8,23H,9H2,1-2H3,(H,21,22)/b20-8-. The molecule has 2 aromatic rings. The summed E-state index contributed by atoms with van der Waals surface area (Å²) < 4.78 is 6.77. The molecule has 0 aromatic heterocycles. The Morgan fingerprint density at radius 3 is 2.75 bits per heavy atom. The van der Waals surface area contributed by atoms with E-state index in [9.17, 15) is 9.90 Å². The molecule has 1 amide bonds. The van der Waals surface area contributed by atoms with E-state index in [1.165, 1.54) is 6.21 Å². The van der Waals surface area contributed by atoms with Gasteiger partial charge < -0.3 is 9.84 Å². The van der Waals surface area contributed by atoms with Gasteiger partial charge in [0.05, 0.1) is 10.7 Å². The molecule has 0 aliphatic rings. The van der Waals surface area contributed by atoms with Crippen LogP contribution in [0.5, 0.6) is 11.5 Å². The third-order valence-corrected chi connectivity index (χ3v) is 4.20. The van der Waals surface area contributed by atoms with Gasteiger partial charge in [-0.3, -0.25) is 4.79 Å². The van der Waals surface area contributed by atoms with Crippen LogP contribution in [0.4, 0.5) is 0 Å². The molecule has 0 unspecified atom stereocenters. The van der Waals surface area contributed by atoms with Crippen molar-refractivity contribution < 1.29 is 14.6 Å². The van der Waals surface area contributed by atoms with Gasteiger partial charge in [-0.15, -0.1) is 0 Å². The van der Waals surface area contributed by atoms with Crippen molar-refractivity contribution >= 4 is 44.0 Å². The Morgan fingerprint density at radius 1 is 1.29 bits per heavy atom. The number of carbonyl (C=O) groups is 1. The topological polar surface area (TPSA) is 70.9 Å². The van der Waals surface area contributed by atoms with Crippen molar-refractivity contribution in [1.82, 2.24) is 5.43 Å². The Hall–Kier alpha value is -1.86. The number of nitrogens with zero attached hydrogens (tertiary/aromatic N) is 1. The SMILES string of the molecule is Cc1ccc(OCC(=O)N/N=C\c2cc(Br)cc(Br)c2O)c(C)c1. The molecule has 0 heterocycles. The van der Waals surface area contributed by atoms with Crippen LogP contribution in [0.3, 0.4) is 0 Å². The summed E-state index contributed by atoms with van der Waals surface area (Å²) in [5.74, 6) is 0.316. The number of rotatable bonds is 5. The minimum absolute atomic E-state index is 0.0442. The summed E-state index contributed by atoms with van der Waals surface area (Å²) in [5.41, 5.74) is 4.93. The van der Waals surface area contributed by atoms with E-state index in [0.717, 1.165) is 15.6 Å².